The van der Waals surface area contributed by atoms with Crippen molar-refractivity contribution in [3.63, 3.8) is 0 Å². The lowest BCUT2D eigenvalue weighted by Crippen LogP contribution is -2.42. The largest absolute Gasteiger partial charge is 0.330 e. The topological polar surface area (TPSA) is 29.3 Å². The lowest BCUT2D eigenvalue weighted by Gasteiger charge is -2.35. The Morgan fingerprint density at radius 3 is 2.12 bits per heavy atom. The first-order chi connectivity index (χ1) is 7.73. The van der Waals surface area contributed by atoms with Gasteiger partial charge in [0.15, 0.2) is 0 Å². The average Bonchev–Trinajstić information content (AvgIpc) is 2.14. The van der Waals surface area contributed by atoms with Gasteiger partial charge in [-0.25, -0.2) is 0 Å². The van der Waals surface area contributed by atoms with Crippen LogP contribution in [0.25, 0.3) is 0 Å². The fraction of sp³-hybridized carbons (Fsp3) is 0.867. The van der Waals surface area contributed by atoms with Gasteiger partial charge in [0, 0.05) is 12.1 Å². The molecule has 0 rings (SSSR count). The van der Waals surface area contributed by atoms with Crippen LogP contribution in [0.5, 0.6) is 0 Å². The maximum Gasteiger partial charge on any atom is 0.0165 e. The Labute approximate surface area is 108 Å². The molecule has 0 fully saturated rings. The van der Waals surface area contributed by atoms with Gasteiger partial charge >= 0.3 is 0 Å². The Hall–Kier alpha value is -0.340. The van der Waals surface area contributed by atoms with Crippen molar-refractivity contribution >= 4 is 0 Å². The molecule has 2 nitrogen and oxygen atoms in total. The predicted octanol–water partition coefficient (Wildman–Crippen LogP) is 3.43. The van der Waals surface area contributed by atoms with Crippen LogP contribution in [0.4, 0.5) is 0 Å². The van der Waals surface area contributed by atoms with E-state index in [9.17, 15) is 0 Å². The van der Waals surface area contributed by atoms with E-state index in [4.69, 9.17) is 5.73 Å². The van der Waals surface area contributed by atoms with Gasteiger partial charge in [-0.15, -0.1) is 6.58 Å². The Bertz CT molecular complexity index is 213. The molecular weight excluding hydrogens is 208 g/mol. The minimum absolute atomic E-state index is 0.228. The summed E-state index contributed by atoms with van der Waals surface area (Å²) in [6, 6.07) is 0. The van der Waals surface area contributed by atoms with Gasteiger partial charge in [-0.3, -0.25) is 4.90 Å². The van der Waals surface area contributed by atoms with Crippen LogP contribution in [-0.2, 0) is 0 Å². The predicted molar refractivity (Wildman–Crippen MR) is 78.2 cm³/mol. The molecule has 0 atom stereocenters. The maximum atomic E-state index is 5.64. The van der Waals surface area contributed by atoms with Crippen molar-refractivity contribution in [3.05, 3.63) is 12.7 Å². The van der Waals surface area contributed by atoms with Gasteiger partial charge in [0.25, 0.3) is 0 Å². The van der Waals surface area contributed by atoms with Crippen LogP contribution < -0.4 is 5.73 Å². The summed E-state index contributed by atoms with van der Waals surface area (Å²) in [5.74, 6) is 0. The quantitative estimate of drug-likeness (QED) is 0.659. The molecule has 0 aliphatic heterocycles. The maximum absolute atomic E-state index is 5.64. The lowest BCUT2D eigenvalue weighted by atomic mass is 9.84. The molecule has 0 bridgehead atoms. The Morgan fingerprint density at radius 1 is 1.12 bits per heavy atom. The minimum atomic E-state index is 0.228. The lowest BCUT2D eigenvalue weighted by molar-refractivity contribution is 0.142. The van der Waals surface area contributed by atoms with Crippen molar-refractivity contribution in [1.82, 2.24) is 4.90 Å². The molecule has 0 saturated heterocycles. The van der Waals surface area contributed by atoms with Crippen molar-refractivity contribution in [2.24, 2.45) is 11.1 Å². The second-order valence-corrected chi connectivity index (χ2v) is 6.71. The second-order valence-electron chi connectivity index (χ2n) is 6.71. The summed E-state index contributed by atoms with van der Waals surface area (Å²) >= 11 is 0. The van der Waals surface area contributed by atoms with Crippen molar-refractivity contribution in [3.8, 4) is 0 Å². The fourth-order valence-electron chi connectivity index (χ4n) is 2.12. The van der Waals surface area contributed by atoms with Gasteiger partial charge in [0.1, 0.15) is 0 Å². The van der Waals surface area contributed by atoms with Gasteiger partial charge in [-0.1, -0.05) is 19.9 Å². The monoisotopic (exact) mass is 240 g/mol. The summed E-state index contributed by atoms with van der Waals surface area (Å²) in [5, 5.41) is 0. The first-order valence-electron chi connectivity index (χ1n) is 6.79. The number of nitrogens with two attached hydrogens (primary N) is 1. The highest BCUT2D eigenvalue weighted by Gasteiger charge is 2.21. The highest BCUT2D eigenvalue weighted by atomic mass is 15.2. The van der Waals surface area contributed by atoms with E-state index in [1.54, 1.807) is 0 Å². The average molecular weight is 240 g/mol. The molecular formula is C15H32N2. The normalized spacial score (nSPS) is 13.1. The van der Waals surface area contributed by atoms with Crippen LogP contribution in [0.2, 0.25) is 0 Å². The van der Waals surface area contributed by atoms with Crippen LogP contribution in [0, 0.1) is 5.41 Å². The highest BCUT2D eigenvalue weighted by Crippen LogP contribution is 2.26. The molecule has 0 saturated carbocycles. The van der Waals surface area contributed by atoms with E-state index in [1.807, 2.05) is 6.08 Å². The third-order valence-corrected chi connectivity index (χ3v) is 3.40. The van der Waals surface area contributed by atoms with Crippen LogP contribution in [0.1, 0.15) is 53.9 Å². The molecule has 0 aliphatic carbocycles. The van der Waals surface area contributed by atoms with E-state index in [-0.39, 0.29) is 5.54 Å². The van der Waals surface area contributed by atoms with E-state index < -0.39 is 0 Å². The molecule has 17 heavy (non-hydrogen) atoms. The van der Waals surface area contributed by atoms with Crippen molar-refractivity contribution in [2.45, 2.75) is 59.4 Å². The van der Waals surface area contributed by atoms with E-state index >= 15 is 0 Å². The first-order valence-corrected chi connectivity index (χ1v) is 6.79. The second kappa shape index (κ2) is 7.17. The van der Waals surface area contributed by atoms with E-state index in [0.717, 1.165) is 26.1 Å². The number of hydrogen-bond donors (Lipinski definition) is 1. The van der Waals surface area contributed by atoms with Crippen LogP contribution in [-0.4, -0.2) is 30.1 Å². The molecule has 0 aromatic rings. The summed E-state index contributed by atoms with van der Waals surface area (Å²) in [4.78, 5) is 2.48. The van der Waals surface area contributed by atoms with E-state index in [2.05, 4.69) is 46.1 Å². The van der Waals surface area contributed by atoms with E-state index in [0.29, 0.717) is 5.41 Å². The molecule has 102 valence electrons. The molecule has 0 aromatic heterocycles. The van der Waals surface area contributed by atoms with Crippen molar-refractivity contribution < 1.29 is 0 Å². The first kappa shape index (κ1) is 16.7. The van der Waals surface area contributed by atoms with Crippen LogP contribution in [0.3, 0.4) is 0 Å². The summed E-state index contributed by atoms with van der Waals surface area (Å²) in [6.45, 7) is 18.2. The Balaban J connectivity index is 4.10. The van der Waals surface area contributed by atoms with Gasteiger partial charge in [0.2, 0.25) is 0 Å². The van der Waals surface area contributed by atoms with Gasteiger partial charge in [-0.2, -0.15) is 0 Å². The molecule has 0 aliphatic rings. The summed E-state index contributed by atoms with van der Waals surface area (Å²) < 4.78 is 0. The molecule has 0 radical (unpaired) electrons. The van der Waals surface area contributed by atoms with Gasteiger partial charge < -0.3 is 5.73 Å². The minimum Gasteiger partial charge on any atom is -0.330 e. The zero-order valence-corrected chi connectivity index (χ0v) is 12.6. The number of hydrogen-bond acceptors (Lipinski definition) is 2. The van der Waals surface area contributed by atoms with E-state index in [1.165, 1.54) is 12.8 Å². The van der Waals surface area contributed by atoms with Crippen LogP contribution >= 0.6 is 0 Å². The molecule has 0 unspecified atom stereocenters. The number of nitrogens with zero attached hydrogens (tertiary/aromatic N) is 1. The fourth-order valence-corrected chi connectivity index (χ4v) is 2.12. The van der Waals surface area contributed by atoms with Crippen molar-refractivity contribution in [1.29, 1.82) is 0 Å². The Morgan fingerprint density at radius 2 is 1.71 bits per heavy atom. The molecule has 2 N–H and O–H groups in total. The highest BCUT2D eigenvalue weighted by molar-refractivity contribution is 4.83. The zero-order chi connectivity index (χ0) is 13.5. The van der Waals surface area contributed by atoms with Gasteiger partial charge in [-0.05, 0) is 58.5 Å². The standard InChI is InChI=1S/C15H32N2/c1-7-12-17(14(2,3)4)13-8-9-15(5,6)10-11-16/h7H,1,8-13,16H2,2-6H3. The van der Waals surface area contributed by atoms with Crippen molar-refractivity contribution in [2.75, 3.05) is 19.6 Å². The molecule has 0 aromatic carbocycles. The third-order valence-electron chi connectivity index (χ3n) is 3.40. The SMILES string of the molecule is C=CCN(CCCC(C)(C)CCN)C(C)(C)C. The number of rotatable bonds is 8. The van der Waals surface area contributed by atoms with Gasteiger partial charge in [0.05, 0.1) is 0 Å². The third kappa shape index (κ3) is 7.56. The molecule has 0 spiro atoms. The summed E-state index contributed by atoms with van der Waals surface area (Å²) in [7, 11) is 0. The molecule has 2 heteroatoms. The summed E-state index contributed by atoms with van der Waals surface area (Å²) in [5.41, 5.74) is 6.25. The summed E-state index contributed by atoms with van der Waals surface area (Å²) in [6.07, 6.45) is 5.59. The molecule has 0 heterocycles. The van der Waals surface area contributed by atoms with Crippen LogP contribution in [0.15, 0.2) is 12.7 Å². The zero-order valence-electron chi connectivity index (χ0n) is 12.6. The Kier molecular flexibility index (Phi) is 7.03. The molecule has 0 amide bonds. The smallest absolute Gasteiger partial charge is 0.0165 e.